The first-order valence-corrected chi connectivity index (χ1v) is 5.84. The summed E-state index contributed by atoms with van der Waals surface area (Å²) in [4.78, 5) is 17.8. The molecule has 5 heteroatoms. The highest BCUT2D eigenvalue weighted by Gasteiger charge is 2.26. The summed E-state index contributed by atoms with van der Waals surface area (Å²) >= 11 is 1.54. The first-order chi connectivity index (χ1) is 7.22. The molecule has 1 fully saturated rings. The Kier molecular flexibility index (Phi) is 3.02. The molecular formula is C10H14N2O2S. The van der Waals surface area contributed by atoms with E-state index in [1.807, 2.05) is 0 Å². The molecule has 1 aromatic rings. The standard InChI is InChI=1S/C10H14N2O2S/c1-12-5-3-4-8(12)9-11-7(6-15-9)10(13)14-2/h6,8H,3-5H2,1-2H3. The van der Waals surface area contributed by atoms with Crippen molar-refractivity contribution >= 4 is 17.3 Å². The number of ether oxygens (including phenoxy) is 1. The van der Waals surface area contributed by atoms with Crippen molar-refractivity contribution in [1.29, 1.82) is 0 Å². The van der Waals surface area contributed by atoms with Crippen LogP contribution >= 0.6 is 11.3 Å². The Hall–Kier alpha value is -0.940. The van der Waals surface area contributed by atoms with Gasteiger partial charge in [0.05, 0.1) is 13.2 Å². The largest absolute Gasteiger partial charge is 0.464 e. The fourth-order valence-electron chi connectivity index (χ4n) is 1.86. The Morgan fingerprint density at radius 3 is 3.13 bits per heavy atom. The van der Waals surface area contributed by atoms with E-state index >= 15 is 0 Å². The fraction of sp³-hybridized carbons (Fsp3) is 0.600. The van der Waals surface area contributed by atoms with E-state index in [0.29, 0.717) is 11.7 Å². The van der Waals surface area contributed by atoms with Crippen molar-refractivity contribution < 1.29 is 9.53 Å². The second kappa shape index (κ2) is 4.28. The van der Waals surface area contributed by atoms with E-state index in [0.717, 1.165) is 18.0 Å². The van der Waals surface area contributed by atoms with E-state index < -0.39 is 0 Å². The van der Waals surface area contributed by atoms with Crippen LogP contribution in [0.1, 0.15) is 34.4 Å². The maximum atomic E-state index is 11.2. The highest BCUT2D eigenvalue weighted by atomic mass is 32.1. The van der Waals surface area contributed by atoms with Crippen LogP contribution in [0.15, 0.2) is 5.38 Å². The molecule has 82 valence electrons. The van der Waals surface area contributed by atoms with Gasteiger partial charge in [0.15, 0.2) is 5.69 Å². The molecule has 0 saturated carbocycles. The first kappa shape index (κ1) is 10.6. The molecule has 1 aliphatic rings. The van der Waals surface area contributed by atoms with Gasteiger partial charge in [0.25, 0.3) is 0 Å². The van der Waals surface area contributed by atoms with Crippen LogP contribution in [0.5, 0.6) is 0 Å². The predicted octanol–water partition coefficient (Wildman–Crippen LogP) is 1.70. The summed E-state index contributed by atoms with van der Waals surface area (Å²) in [5.41, 5.74) is 0.429. The van der Waals surface area contributed by atoms with E-state index in [1.54, 1.807) is 16.7 Å². The molecule has 0 bridgehead atoms. The summed E-state index contributed by atoms with van der Waals surface area (Å²) in [5, 5.41) is 2.79. The number of aromatic nitrogens is 1. The lowest BCUT2D eigenvalue weighted by molar-refractivity contribution is 0.0594. The Balaban J connectivity index is 2.16. The number of hydrogen-bond donors (Lipinski definition) is 0. The monoisotopic (exact) mass is 226 g/mol. The first-order valence-electron chi connectivity index (χ1n) is 4.96. The Bertz CT molecular complexity index is 364. The van der Waals surface area contributed by atoms with Crippen LogP contribution in [0.2, 0.25) is 0 Å². The lowest BCUT2D eigenvalue weighted by atomic mass is 10.2. The van der Waals surface area contributed by atoms with Crippen molar-refractivity contribution in [3.63, 3.8) is 0 Å². The summed E-state index contributed by atoms with van der Waals surface area (Å²) in [6, 6.07) is 0.383. The topological polar surface area (TPSA) is 42.4 Å². The smallest absolute Gasteiger partial charge is 0.357 e. The van der Waals surface area contributed by atoms with Gasteiger partial charge in [-0.1, -0.05) is 0 Å². The highest BCUT2D eigenvalue weighted by molar-refractivity contribution is 7.09. The average molecular weight is 226 g/mol. The number of nitrogens with zero attached hydrogens (tertiary/aromatic N) is 2. The summed E-state index contributed by atoms with van der Waals surface area (Å²) in [6.07, 6.45) is 2.33. The molecule has 1 unspecified atom stereocenters. The maximum Gasteiger partial charge on any atom is 0.357 e. The molecule has 0 aromatic carbocycles. The quantitative estimate of drug-likeness (QED) is 0.720. The molecular weight excluding hydrogens is 212 g/mol. The summed E-state index contributed by atoms with van der Waals surface area (Å²) in [7, 11) is 3.47. The number of carbonyl (C=O) groups is 1. The molecule has 0 spiro atoms. The number of esters is 1. The predicted molar refractivity (Wildman–Crippen MR) is 58.1 cm³/mol. The van der Waals surface area contributed by atoms with Gasteiger partial charge < -0.3 is 4.74 Å². The molecule has 2 rings (SSSR count). The Morgan fingerprint density at radius 2 is 2.53 bits per heavy atom. The molecule has 0 aliphatic carbocycles. The lowest BCUT2D eigenvalue weighted by Gasteiger charge is -2.16. The van der Waals surface area contributed by atoms with Crippen LogP contribution in [-0.2, 0) is 4.74 Å². The minimum absolute atomic E-state index is 0.349. The van der Waals surface area contributed by atoms with Crippen molar-refractivity contribution in [2.24, 2.45) is 0 Å². The Morgan fingerprint density at radius 1 is 1.73 bits per heavy atom. The van der Waals surface area contributed by atoms with E-state index in [9.17, 15) is 4.79 Å². The third kappa shape index (κ3) is 2.03. The zero-order valence-electron chi connectivity index (χ0n) is 8.90. The third-order valence-corrected chi connectivity index (χ3v) is 3.67. The second-order valence-electron chi connectivity index (χ2n) is 3.70. The van der Waals surface area contributed by atoms with Gasteiger partial charge in [-0.3, -0.25) is 4.90 Å². The molecule has 4 nitrogen and oxygen atoms in total. The van der Waals surface area contributed by atoms with Gasteiger partial charge in [0, 0.05) is 5.38 Å². The van der Waals surface area contributed by atoms with Crippen molar-refractivity contribution in [2.75, 3.05) is 20.7 Å². The van der Waals surface area contributed by atoms with Crippen LogP contribution in [0.25, 0.3) is 0 Å². The summed E-state index contributed by atoms with van der Waals surface area (Å²) in [6.45, 7) is 1.11. The number of likely N-dealkylation sites (tertiary alicyclic amines) is 1. The molecule has 2 heterocycles. The van der Waals surface area contributed by atoms with Crippen LogP contribution in [0.4, 0.5) is 0 Å². The minimum Gasteiger partial charge on any atom is -0.464 e. The van der Waals surface area contributed by atoms with Gasteiger partial charge in [-0.25, -0.2) is 9.78 Å². The van der Waals surface area contributed by atoms with Gasteiger partial charge in [0.1, 0.15) is 5.01 Å². The minimum atomic E-state index is -0.349. The molecule has 1 saturated heterocycles. The van der Waals surface area contributed by atoms with Crippen LogP contribution < -0.4 is 0 Å². The van der Waals surface area contributed by atoms with Gasteiger partial charge in [-0.05, 0) is 26.4 Å². The van der Waals surface area contributed by atoms with E-state index in [1.165, 1.54) is 13.5 Å². The van der Waals surface area contributed by atoms with Gasteiger partial charge in [-0.2, -0.15) is 0 Å². The van der Waals surface area contributed by atoms with Crippen molar-refractivity contribution in [1.82, 2.24) is 9.88 Å². The van der Waals surface area contributed by atoms with E-state index in [-0.39, 0.29) is 5.97 Å². The van der Waals surface area contributed by atoms with Crippen molar-refractivity contribution in [3.05, 3.63) is 16.1 Å². The Labute approximate surface area is 92.9 Å². The molecule has 0 radical (unpaired) electrons. The number of carbonyl (C=O) groups excluding carboxylic acids is 1. The number of hydrogen-bond acceptors (Lipinski definition) is 5. The number of methoxy groups -OCH3 is 1. The molecule has 15 heavy (non-hydrogen) atoms. The highest BCUT2D eigenvalue weighted by Crippen LogP contribution is 2.32. The molecule has 1 aliphatic heterocycles. The molecule has 1 atom stereocenters. The van der Waals surface area contributed by atoms with Gasteiger partial charge in [0.2, 0.25) is 0 Å². The lowest BCUT2D eigenvalue weighted by Crippen LogP contribution is -2.17. The fourth-order valence-corrected chi connectivity index (χ4v) is 2.85. The third-order valence-electron chi connectivity index (χ3n) is 2.72. The molecule has 0 amide bonds. The van der Waals surface area contributed by atoms with Crippen molar-refractivity contribution in [2.45, 2.75) is 18.9 Å². The normalized spacial score (nSPS) is 21.9. The zero-order valence-corrected chi connectivity index (χ0v) is 9.71. The van der Waals surface area contributed by atoms with E-state index in [2.05, 4.69) is 21.7 Å². The summed E-state index contributed by atoms with van der Waals surface area (Å²) in [5.74, 6) is -0.349. The number of rotatable bonds is 2. The van der Waals surface area contributed by atoms with Crippen molar-refractivity contribution in [3.8, 4) is 0 Å². The average Bonchev–Trinajstić information content (AvgIpc) is 2.84. The van der Waals surface area contributed by atoms with Crippen LogP contribution in [0, 0.1) is 0 Å². The van der Waals surface area contributed by atoms with Gasteiger partial charge >= 0.3 is 5.97 Å². The number of thiazole rings is 1. The van der Waals surface area contributed by atoms with E-state index in [4.69, 9.17) is 0 Å². The van der Waals surface area contributed by atoms with Crippen LogP contribution in [-0.4, -0.2) is 36.6 Å². The zero-order chi connectivity index (χ0) is 10.8. The molecule has 0 N–H and O–H groups in total. The summed E-state index contributed by atoms with van der Waals surface area (Å²) < 4.78 is 4.63. The molecule has 1 aromatic heterocycles. The maximum absolute atomic E-state index is 11.2. The SMILES string of the molecule is COC(=O)c1csc(C2CCCN2C)n1. The second-order valence-corrected chi connectivity index (χ2v) is 4.59. The van der Waals surface area contributed by atoms with Crippen LogP contribution in [0.3, 0.4) is 0 Å². The van der Waals surface area contributed by atoms with Gasteiger partial charge in [-0.15, -0.1) is 11.3 Å².